The van der Waals surface area contributed by atoms with E-state index in [0.717, 1.165) is 6.42 Å². The van der Waals surface area contributed by atoms with Crippen LogP contribution >= 0.6 is 0 Å². The van der Waals surface area contributed by atoms with E-state index in [4.69, 9.17) is 9.47 Å². The molecule has 0 aliphatic heterocycles. The molecule has 0 radical (unpaired) electrons. The number of hydrogen-bond acceptors (Lipinski definition) is 3. The molecule has 0 heterocycles. The molecule has 1 aromatic carbocycles. The Kier molecular flexibility index (Phi) is 6.05. The molecule has 0 fully saturated rings. The second kappa shape index (κ2) is 7.32. The van der Waals surface area contributed by atoms with E-state index in [1.165, 1.54) is 5.56 Å². The van der Waals surface area contributed by atoms with Crippen LogP contribution in [-0.4, -0.2) is 18.7 Å². The van der Waals surface area contributed by atoms with Gasteiger partial charge in [0.05, 0.1) is 6.61 Å². The molecule has 0 aliphatic rings. The average molecular weight is 278 g/mol. The van der Waals surface area contributed by atoms with Gasteiger partial charge in [0.15, 0.2) is 6.10 Å². The standard InChI is InChI=1S/C17H26O3/c1-6-15(16(18)19-7-2)20-14-10-8-13(9-11-14)12-17(3,4)5/h8-11,15H,6-7,12H2,1-5H3. The third kappa shape index (κ3) is 5.64. The predicted octanol–water partition coefficient (Wildman–Crippen LogP) is 4.00. The van der Waals surface area contributed by atoms with Crippen molar-refractivity contribution in [2.75, 3.05) is 6.61 Å². The molecule has 3 heteroatoms. The molecule has 0 saturated heterocycles. The lowest BCUT2D eigenvalue weighted by Crippen LogP contribution is -2.28. The van der Waals surface area contributed by atoms with Crippen molar-refractivity contribution in [1.29, 1.82) is 0 Å². The topological polar surface area (TPSA) is 35.5 Å². The van der Waals surface area contributed by atoms with Crippen molar-refractivity contribution in [3.8, 4) is 5.75 Å². The first-order valence-corrected chi connectivity index (χ1v) is 7.28. The summed E-state index contributed by atoms with van der Waals surface area (Å²) in [6, 6.07) is 7.95. The molecule has 0 spiro atoms. The van der Waals surface area contributed by atoms with Crippen molar-refractivity contribution in [3.63, 3.8) is 0 Å². The van der Waals surface area contributed by atoms with Crippen LogP contribution in [0.2, 0.25) is 0 Å². The first kappa shape index (κ1) is 16.5. The maximum Gasteiger partial charge on any atom is 0.347 e. The Labute approximate surface area is 122 Å². The number of ether oxygens (including phenoxy) is 2. The highest BCUT2D eigenvalue weighted by molar-refractivity contribution is 5.75. The molecule has 112 valence electrons. The van der Waals surface area contributed by atoms with E-state index in [2.05, 4.69) is 32.9 Å². The van der Waals surface area contributed by atoms with E-state index < -0.39 is 6.10 Å². The Balaban J connectivity index is 2.66. The summed E-state index contributed by atoms with van der Waals surface area (Å²) < 4.78 is 10.7. The van der Waals surface area contributed by atoms with E-state index in [0.29, 0.717) is 18.8 Å². The van der Waals surface area contributed by atoms with E-state index in [1.54, 1.807) is 6.92 Å². The van der Waals surface area contributed by atoms with Crippen LogP contribution in [0.3, 0.4) is 0 Å². The maximum absolute atomic E-state index is 11.7. The van der Waals surface area contributed by atoms with Crippen LogP contribution < -0.4 is 4.74 Å². The van der Waals surface area contributed by atoms with Gasteiger partial charge in [-0.2, -0.15) is 0 Å². The minimum absolute atomic E-state index is 0.263. The highest BCUT2D eigenvalue weighted by Crippen LogP contribution is 2.23. The van der Waals surface area contributed by atoms with Crippen LogP contribution in [0.1, 0.15) is 46.6 Å². The average Bonchev–Trinajstić information content (AvgIpc) is 2.36. The molecule has 0 bridgehead atoms. The lowest BCUT2D eigenvalue weighted by molar-refractivity contribution is -0.151. The van der Waals surface area contributed by atoms with E-state index in [9.17, 15) is 4.79 Å². The van der Waals surface area contributed by atoms with Gasteiger partial charge in [-0.1, -0.05) is 39.8 Å². The van der Waals surface area contributed by atoms with Crippen LogP contribution in [0.15, 0.2) is 24.3 Å². The first-order valence-electron chi connectivity index (χ1n) is 7.28. The van der Waals surface area contributed by atoms with Crippen molar-refractivity contribution in [2.24, 2.45) is 5.41 Å². The maximum atomic E-state index is 11.7. The number of hydrogen-bond donors (Lipinski definition) is 0. The molecule has 0 aliphatic carbocycles. The Morgan fingerprint density at radius 3 is 2.20 bits per heavy atom. The van der Waals surface area contributed by atoms with Gasteiger partial charge in [0.25, 0.3) is 0 Å². The van der Waals surface area contributed by atoms with Gasteiger partial charge in [-0.05, 0) is 42.9 Å². The smallest absolute Gasteiger partial charge is 0.347 e. The molecule has 0 aromatic heterocycles. The lowest BCUT2D eigenvalue weighted by atomic mass is 9.88. The molecule has 1 aromatic rings. The lowest BCUT2D eigenvalue weighted by Gasteiger charge is -2.19. The van der Waals surface area contributed by atoms with Crippen molar-refractivity contribution in [3.05, 3.63) is 29.8 Å². The van der Waals surface area contributed by atoms with Gasteiger partial charge in [-0.3, -0.25) is 0 Å². The normalized spacial score (nSPS) is 12.8. The number of benzene rings is 1. The number of carbonyl (C=O) groups excluding carboxylic acids is 1. The van der Waals surface area contributed by atoms with Crippen LogP contribution in [0.25, 0.3) is 0 Å². The summed E-state index contributed by atoms with van der Waals surface area (Å²) in [4.78, 5) is 11.7. The quantitative estimate of drug-likeness (QED) is 0.738. The molecule has 0 N–H and O–H groups in total. The third-order valence-electron chi connectivity index (χ3n) is 2.86. The fraction of sp³-hybridized carbons (Fsp3) is 0.588. The molecule has 3 nitrogen and oxygen atoms in total. The van der Waals surface area contributed by atoms with Gasteiger partial charge in [-0.25, -0.2) is 4.79 Å². The fourth-order valence-corrected chi connectivity index (χ4v) is 2.00. The summed E-state index contributed by atoms with van der Waals surface area (Å²) in [7, 11) is 0. The zero-order valence-corrected chi connectivity index (χ0v) is 13.2. The Hall–Kier alpha value is -1.51. The molecule has 0 saturated carbocycles. The number of esters is 1. The minimum Gasteiger partial charge on any atom is -0.479 e. The summed E-state index contributed by atoms with van der Waals surface area (Å²) in [5.74, 6) is 0.413. The fourth-order valence-electron chi connectivity index (χ4n) is 2.00. The van der Waals surface area contributed by atoms with Crippen molar-refractivity contribution < 1.29 is 14.3 Å². The zero-order valence-electron chi connectivity index (χ0n) is 13.2. The minimum atomic E-state index is -0.525. The molecular formula is C17H26O3. The summed E-state index contributed by atoms with van der Waals surface area (Å²) in [6.07, 6.45) is 1.09. The van der Waals surface area contributed by atoms with E-state index in [-0.39, 0.29) is 11.4 Å². The van der Waals surface area contributed by atoms with Gasteiger partial charge < -0.3 is 9.47 Å². The van der Waals surface area contributed by atoms with Gasteiger partial charge in [0.1, 0.15) is 5.75 Å². The van der Waals surface area contributed by atoms with E-state index in [1.807, 2.05) is 19.1 Å². The largest absolute Gasteiger partial charge is 0.479 e. The van der Waals surface area contributed by atoms with Gasteiger partial charge in [0, 0.05) is 0 Å². The molecule has 0 amide bonds. The summed E-state index contributed by atoms with van der Waals surface area (Å²) in [5, 5.41) is 0. The molecule has 1 unspecified atom stereocenters. The molecular weight excluding hydrogens is 252 g/mol. The van der Waals surface area contributed by atoms with Crippen LogP contribution in [0.4, 0.5) is 0 Å². The highest BCUT2D eigenvalue weighted by Gasteiger charge is 2.19. The zero-order chi connectivity index (χ0) is 15.2. The van der Waals surface area contributed by atoms with Gasteiger partial charge in [-0.15, -0.1) is 0 Å². The van der Waals surface area contributed by atoms with E-state index >= 15 is 0 Å². The number of carbonyl (C=O) groups is 1. The van der Waals surface area contributed by atoms with Crippen molar-refractivity contribution in [2.45, 2.75) is 53.6 Å². The third-order valence-corrected chi connectivity index (χ3v) is 2.86. The van der Waals surface area contributed by atoms with Crippen LogP contribution in [0, 0.1) is 5.41 Å². The summed E-state index contributed by atoms with van der Waals surface area (Å²) in [6.45, 7) is 10.7. The van der Waals surface area contributed by atoms with Crippen LogP contribution in [0.5, 0.6) is 5.75 Å². The molecule has 1 atom stereocenters. The monoisotopic (exact) mass is 278 g/mol. The first-order chi connectivity index (χ1) is 9.35. The Morgan fingerprint density at radius 1 is 1.15 bits per heavy atom. The van der Waals surface area contributed by atoms with Crippen molar-refractivity contribution >= 4 is 5.97 Å². The Morgan fingerprint density at radius 2 is 1.75 bits per heavy atom. The SMILES string of the molecule is CCOC(=O)C(CC)Oc1ccc(CC(C)(C)C)cc1. The summed E-state index contributed by atoms with van der Waals surface area (Å²) in [5.41, 5.74) is 1.54. The van der Waals surface area contributed by atoms with Crippen LogP contribution in [-0.2, 0) is 16.0 Å². The predicted molar refractivity (Wildman–Crippen MR) is 80.9 cm³/mol. The van der Waals surface area contributed by atoms with Crippen molar-refractivity contribution in [1.82, 2.24) is 0 Å². The highest BCUT2D eigenvalue weighted by atomic mass is 16.6. The second-order valence-corrected chi connectivity index (χ2v) is 6.15. The van der Waals surface area contributed by atoms with Gasteiger partial charge >= 0.3 is 5.97 Å². The molecule has 1 rings (SSSR count). The second-order valence-electron chi connectivity index (χ2n) is 6.15. The number of rotatable bonds is 6. The Bertz CT molecular complexity index is 415. The van der Waals surface area contributed by atoms with Gasteiger partial charge in [0.2, 0.25) is 0 Å². The summed E-state index contributed by atoms with van der Waals surface area (Å²) >= 11 is 0. The molecule has 20 heavy (non-hydrogen) atoms.